The smallest absolute Gasteiger partial charge is 0.0946 e. The van der Waals surface area contributed by atoms with Gasteiger partial charge in [0.25, 0.3) is 0 Å². The highest BCUT2D eigenvalue weighted by Crippen LogP contribution is 2.61. The van der Waals surface area contributed by atoms with Crippen molar-refractivity contribution in [2.45, 2.75) is 58.1 Å². The Labute approximate surface area is 121 Å². The van der Waals surface area contributed by atoms with E-state index in [0.29, 0.717) is 11.5 Å². The van der Waals surface area contributed by atoms with Crippen molar-refractivity contribution >= 4 is 0 Å². The highest BCUT2D eigenvalue weighted by molar-refractivity contribution is 5.04. The molecule has 1 aromatic rings. The van der Waals surface area contributed by atoms with Crippen LogP contribution in [0.5, 0.6) is 0 Å². The van der Waals surface area contributed by atoms with Crippen LogP contribution in [-0.4, -0.2) is 22.3 Å². The minimum Gasteiger partial charge on any atom is -0.376 e. The quantitative estimate of drug-likeness (QED) is 0.821. The van der Waals surface area contributed by atoms with Gasteiger partial charge in [0.1, 0.15) is 0 Å². The minimum atomic E-state index is 0.384. The first kappa shape index (κ1) is 12.9. The number of hydrogen-bond acceptors (Lipinski definition) is 2. The van der Waals surface area contributed by atoms with Crippen LogP contribution < -0.4 is 0 Å². The van der Waals surface area contributed by atoms with Gasteiger partial charge in [-0.15, -0.1) is 0 Å². The van der Waals surface area contributed by atoms with Crippen molar-refractivity contribution in [2.24, 2.45) is 23.2 Å². The Hall–Kier alpha value is -0.830. The Morgan fingerprint density at radius 3 is 2.35 bits per heavy atom. The Bertz CT molecular complexity index is 418. The van der Waals surface area contributed by atoms with Crippen LogP contribution in [0.15, 0.2) is 18.7 Å². The van der Waals surface area contributed by atoms with Crippen LogP contribution in [0.25, 0.3) is 0 Å². The van der Waals surface area contributed by atoms with Crippen LogP contribution in [0.4, 0.5) is 0 Å². The first-order valence-electron chi connectivity index (χ1n) is 8.35. The third-order valence-electron chi connectivity index (χ3n) is 6.07. The van der Waals surface area contributed by atoms with Crippen molar-refractivity contribution < 1.29 is 4.74 Å². The SMILES string of the molecule is CCOC(Cn1ccnc1)C12CC3CC(CC(C3)C1)C2. The second-order valence-corrected chi connectivity index (χ2v) is 7.48. The van der Waals surface area contributed by atoms with E-state index in [0.717, 1.165) is 30.9 Å². The maximum Gasteiger partial charge on any atom is 0.0946 e. The zero-order chi connectivity index (χ0) is 13.6. The number of rotatable bonds is 5. The summed E-state index contributed by atoms with van der Waals surface area (Å²) >= 11 is 0. The van der Waals surface area contributed by atoms with Gasteiger partial charge in [-0.1, -0.05) is 0 Å². The van der Waals surface area contributed by atoms with Gasteiger partial charge in [0.05, 0.1) is 19.0 Å². The molecule has 5 rings (SSSR count). The number of imidazole rings is 1. The van der Waals surface area contributed by atoms with E-state index >= 15 is 0 Å². The van der Waals surface area contributed by atoms with Gasteiger partial charge in [-0.25, -0.2) is 4.98 Å². The summed E-state index contributed by atoms with van der Waals surface area (Å²) in [5, 5.41) is 0. The monoisotopic (exact) mass is 274 g/mol. The van der Waals surface area contributed by atoms with Gasteiger partial charge in [0.15, 0.2) is 0 Å². The summed E-state index contributed by atoms with van der Waals surface area (Å²) in [6, 6.07) is 0. The molecule has 0 aromatic carbocycles. The van der Waals surface area contributed by atoms with Gasteiger partial charge in [0, 0.05) is 19.0 Å². The fraction of sp³-hybridized carbons (Fsp3) is 0.824. The maximum absolute atomic E-state index is 6.25. The van der Waals surface area contributed by atoms with Crippen molar-refractivity contribution in [1.82, 2.24) is 9.55 Å². The molecular weight excluding hydrogens is 248 g/mol. The Kier molecular flexibility index (Phi) is 3.13. The number of ether oxygens (including phenoxy) is 1. The van der Waals surface area contributed by atoms with Crippen LogP contribution in [0.2, 0.25) is 0 Å². The van der Waals surface area contributed by atoms with Crippen molar-refractivity contribution in [3.8, 4) is 0 Å². The molecule has 4 aliphatic carbocycles. The number of nitrogens with zero attached hydrogens (tertiary/aromatic N) is 2. The Balaban J connectivity index is 1.58. The van der Waals surface area contributed by atoms with Crippen LogP contribution in [0.3, 0.4) is 0 Å². The molecular formula is C17H26N2O. The van der Waals surface area contributed by atoms with Crippen molar-refractivity contribution in [3.63, 3.8) is 0 Å². The lowest BCUT2D eigenvalue weighted by Crippen LogP contribution is -2.53. The molecule has 3 nitrogen and oxygen atoms in total. The van der Waals surface area contributed by atoms with E-state index in [4.69, 9.17) is 4.74 Å². The molecule has 0 saturated heterocycles. The Morgan fingerprint density at radius 2 is 1.85 bits per heavy atom. The molecule has 4 saturated carbocycles. The highest BCUT2D eigenvalue weighted by Gasteiger charge is 2.54. The molecule has 4 fully saturated rings. The lowest BCUT2D eigenvalue weighted by molar-refractivity contribution is -0.145. The molecule has 4 bridgehead atoms. The van der Waals surface area contributed by atoms with Crippen LogP contribution in [0, 0.1) is 23.2 Å². The van der Waals surface area contributed by atoms with E-state index < -0.39 is 0 Å². The number of aromatic nitrogens is 2. The normalized spacial score (nSPS) is 40.1. The number of hydrogen-bond donors (Lipinski definition) is 0. The molecule has 0 aliphatic heterocycles. The molecule has 1 heterocycles. The topological polar surface area (TPSA) is 27.1 Å². The second kappa shape index (κ2) is 4.87. The van der Waals surface area contributed by atoms with Gasteiger partial charge in [0.2, 0.25) is 0 Å². The summed E-state index contributed by atoms with van der Waals surface area (Å²) in [4.78, 5) is 4.19. The minimum absolute atomic E-state index is 0.384. The lowest BCUT2D eigenvalue weighted by Gasteiger charge is -2.59. The zero-order valence-electron chi connectivity index (χ0n) is 12.5. The fourth-order valence-corrected chi connectivity index (χ4v) is 5.78. The largest absolute Gasteiger partial charge is 0.376 e. The molecule has 20 heavy (non-hydrogen) atoms. The third-order valence-corrected chi connectivity index (χ3v) is 6.07. The van der Waals surface area contributed by atoms with E-state index in [1.807, 2.05) is 12.5 Å². The van der Waals surface area contributed by atoms with Crippen LogP contribution >= 0.6 is 0 Å². The van der Waals surface area contributed by atoms with Crippen molar-refractivity contribution in [1.29, 1.82) is 0 Å². The molecule has 4 aliphatic rings. The first-order chi connectivity index (χ1) is 9.77. The molecule has 1 aromatic heterocycles. The molecule has 0 amide bonds. The van der Waals surface area contributed by atoms with Gasteiger partial charge >= 0.3 is 0 Å². The van der Waals surface area contributed by atoms with Crippen molar-refractivity contribution in [3.05, 3.63) is 18.7 Å². The van der Waals surface area contributed by atoms with E-state index in [2.05, 4.69) is 22.7 Å². The maximum atomic E-state index is 6.25. The molecule has 0 radical (unpaired) electrons. The molecule has 0 spiro atoms. The molecule has 3 heteroatoms. The third kappa shape index (κ3) is 2.11. The van der Waals surface area contributed by atoms with E-state index in [9.17, 15) is 0 Å². The average Bonchev–Trinajstić information content (AvgIpc) is 2.89. The second-order valence-electron chi connectivity index (χ2n) is 7.48. The van der Waals surface area contributed by atoms with Gasteiger partial charge in [-0.3, -0.25) is 0 Å². The van der Waals surface area contributed by atoms with Crippen LogP contribution in [-0.2, 0) is 11.3 Å². The summed E-state index contributed by atoms with van der Waals surface area (Å²) in [6.45, 7) is 3.96. The van der Waals surface area contributed by atoms with E-state index in [1.165, 1.54) is 38.5 Å². The Morgan fingerprint density at radius 1 is 1.20 bits per heavy atom. The fourth-order valence-electron chi connectivity index (χ4n) is 5.78. The van der Waals surface area contributed by atoms with Crippen LogP contribution in [0.1, 0.15) is 45.4 Å². The molecule has 110 valence electrons. The summed E-state index contributed by atoms with van der Waals surface area (Å²) in [5.41, 5.74) is 0.467. The summed E-state index contributed by atoms with van der Waals surface area (Å²) < 4.78 is 8.46. The molecule has 0 N–H and O–H groups in total. The van der Waals surface area contributed by atoms with Gasteiger partial charge in [-0.2, -0.15) is 0 Å². The van der Waals surface area contributed by atoms with E-state index in [1.54, 1.807) is 0 Å². The molecule has 1 atom stereocenters. The standard InChI is InChI=1S/C17H26N2O/c1-2-20-16(11-19-4-3-18-12-19)17-8-13-5-14(9-17)7-15(6-13)10-17/h3-4,12-16H,2,5-11H2,1H3. The van der Waals surface area contributed by atoms with Crippen molar-refractivity contribution in [2.75, 3.05) is 6.61 Å². The summed E-state index contributed by atoms with van der Waals surface area (Å²) in [5.74, 6) is 2.98. The van der Waals surface area contributed by atoms with Gasteiger partial charge in [-0.05, 0) is 68.6 Å². The summed E-state index contributed by atoms with van der Waals surface area (Å²) in [6.07, 6.45) is 15.0. The predicted octanol–water partition coefficient (Wildman–Crippen LogP) is 3.50. The summed E-state index contributed by atoms with van der Waals surface area (Å²) in [7, 11) is 0. The molecule has 1 unspecified atom stereocenters. The zero-order valence-corrected chi connectivity index (χ0v) is 12.5. The van der Waals surface area contributed by atoms with E-state index in [-0.39, 0.29) is 0 Å². The average molecular weight is 274 g/mol. The first-order valence-corrected chi connectivity index (χ1v) is 8.35. The lowest BCUT2D eigenvalue weighted by atomic mass is 9.48. The van der Waals surface area contributed by atoms with Gasteiger partial charge < -0.3 is 9.30 Å². The highest BCUT2D eigenvalue weighted by atomic mass is 16.5. The predicted molar refractivity (Wildman–Crippen MR) is 78.2 cm³/mol.